The Hall–Kier alpha value is -2.38. The predicted molar refractivity (Wildman–Crippen MR) is 85.2 cm³/mol. The molecular formula is C15H16N2O4S. The molecule has 0 bridgehead atoms. The maximum absolute atomic E-state index is 11.1. The number of rotatable bonds is 5. The highest BCUT2D eigenvalue weighted by atomic mass is 32.2. The molecule has 2 aromatic rings. The molecule has 0 unspecified atom stereocenters. The standard InChI is InChI=1S/C15H16N2O4S/c1-22(20,21)16-10-11-5-7-12(8-6-11)13-3-2-4-14(9-13)17-15(18)19/h2-9,16-17H,10H2,1H3,(H,18,19). The molecule has 2 aromatic carbocycles. The molecule has 7 heteroatoms. The second-order valence-electron chi connectivity index (χ2n) is 4.80. The van der Waals surface area contributed by atoms with Crippen LogP contribution >= 0.6 is 0 Å². The van der Waals surface area contributed by atoms with Crippen LogP contribution in [0.5, 0.6) is 0 Å². The summed E-state index contributed by atoms with van der Waals surface area (Å²) in [4.78, 5) is 10.6. The highest BCUT2D eigenvalue weighted by Crippen LogP contribution is 2.23. The van der Waals surface area contributed by atoms with Crippen molar-refractivity contribution in [2.45, 2.75) is 6.54 Å². The van der Waals surface area contributed by atoms with Gasteiger partial charge >= 0.3 is 6.09 Å². The summed E-state index contributed by atoms with van der Waals surface area (Å²) in [7, 11) is -3.22. The Kier molecular flexibility index (Phi) is 4.79. The monoisotopic (exact) mass is 320 g/mol. The van der Waals surface area contributed by atoms with Crippen molar-refractivity contribution in [2.24, 2.45) is 0 Å². The van der Waals surface area contributed by atoms with Gasteiger partial charge in [0.25, 0.3) is 0 Å². The van der Waals surface area contributed by atoms with Crippen LogP contribution in [0.4, 0.5) is 10.5 Å². The molecule has 0 aliphatic rings. The van der Waals surface area contributed by atoms with E-state index in [-0.39, 0.29) is 6.54 Å². The second-order valence-corrected chi connectivity index (χ2v) is 6.63. The molecule has 0 aromatic heterocycles. The molecule has 116 valence electrons. The Morgan fingerprint density at radius 2 is 1.77 bits per heavy atom. The topological polar surface area (TPSA) is 95.5 Å². The minimum Gasteiger partial charge on any atom is -0.465 e. The molecule has 2 rings (SSSR count). The van der Waals surface area contributed by atoms with E-state index >= 15 is 0 Å². The van der Waals surface area contributed by atoms with Gasteiger partial charge < -0.3 is 5.11 Å². The maximum Gasteiger partial charge on any atom is 0.409 e. The van der Waals surface area contributed by atoms with E-state index < -0.39 is 16.1 Å². The Morgan fingerprint density at radius 3 is 2.36 bits per heavy atom. The summed E-state index contributed by atoms with van der Waals surface area (Å²) in [6.07, 6.45) is 0.00169. The molecule has 0 saturated carbocycles. The zero-order valence-corrected chi connectivity index (χ0v) is 12.7. The van der Waals surface area contributed by atoms with Gasteiger partial charge in [0.2, 0.25) is 10.0 Å². The van der Waals surface area contributed by atoms with Crippen LogP contribution < -0.4 is 10.0 Å². The van der Waals surface area contributed by atoms with Gasteiger partial charge in [0.15, 0.2) is 0 Å². The lowest BCUT2D eigenvalue weighted by Gasteiger charge is -2.07. The van der Waals surface area contributed by atoms with E-state index in [0.717, 1.165) is 22.9 Å². The first-order chi connectivity index (χ1) is 10.3. The van der Waals surface area contributed by atoms with E-state index in [9.17, 15) is 13.2 Å². The van der Waals surface area contributed by atoms with Crippen molar-refractivity contribution in [1.29, 1.82) is 0 Å². The van der Waals surface area contributed by atoms with Crippen LogP contribution in [0.15, 0.2) is 48.5 Å². The molecule has 1 amide bonds. The molecule has 3 N–H and O–H groups in total. The zero-order valence-electron chi connectivity index (χ0n) is 11.9. The van der Waals surface area contributed by atoms with Crippen LogP contribution in [0, 0.1) is 0 Å². The largest absolute Gasteiger partial charge is 0.465 e. The van der Waals surface area contributed by atoms with Crippen molar-refractivity contribution >= 4 is 21.8 Å². The van der Waals surface area contributed by atoms with E-state index in [1.165, 1.54) is 0 Å². The molecule has 0 aliphatic heterocycles. The third-order valence-electron chi connectivity index (χ3n) is 2.94. The van der Waals surface area contributed by atoms with Gasteiger partial charge in [0.05, 0.1) is 6.26 Å². The lowest BCUT2D eigenvalue weighted by atomic mass is 10.0. The number of sulfonamides is 1. The van der Waals surface area contributed by atoms with Gasteiger partial charge in [-0.3, -0.25) is 5.32 Å². The fourth-order valence-corrected chi connectivity index (χ4v) is 2.36. The van der Waals surface area contributed by atoms with Gasteiger partial charge in [-0.05, 0) is 28.8 Å². The summed E-state index contributed by atoms with van der Waals surface area (Å²) in [6.45, 7) is 0.236. The number of nitrogens with one attached hydrogen (secondary N) is 2. The summed E-state index contributed by atoms with van der Waals surface area (Å²) in [5, 5.41) is 11.0. The Morgan fingerprint density at radius 1 is 1.09 bits per heavy atom. The van der Waals surface area contributed by atoms with Gasteiger partial charge in [-0.2, -0.15) is 0 Å². The SMILES string of the molecule is CS(=O)(=O)NCc1ccc(-c2cccc(NC(=O)O)c2)cc1. The Labute approximate surface area is 128 Å². The number of anilines is 1. The molecular weight excluding hydrogens is 304 g/mol. The van der Waals surface area contributed by atoms with Gasteiger partial charge in [0, 0.05) is 12.2 Å². The van der Waals surface area contributed by atoms with Crippen LogP contribution in [0.3, 0.4) is 0 Å². The highest BCUT2D eigenvalue weighted by molar-refractivity contribution is 7.88. The molecule has 0 spiro atoms. The average Bonchev–Trinajstić information content (AvgIpc) is 2.44. The minimum atomic E-state index is -3.22. The van der Waals surface area contributed by atoms with Crippen LogP contribution in [-0.2, 0) is 16.6 Å². The smallest absolute Gasteiger partial charge is 0.409 e. The first kappa shape index (κ1) is 16.0. The second kappa shape index (κ2) is 6.59. The lowest BCUT2D eigenvalue weighted by molar-refractivity contribution is 0.210. The Balaban J connectivity index is 2.15. The quantitative estimate of drug-likeness (QED) is 0.788. The Bertz CT molecular complexity index is 770. The van der Waals surface area contributed by atoms with Gasteiger partial charge in [-0.15, -0.1) is 0 Å². The van der Waals surface area contributed by atoms with Gasteiger partial charge in [0.1, 0.15) is 0 Å². The number of hydrogen-bond donors (Lipinski definition) is 3. The summed E-state index contributed by atoms with van der Waals surface area (Å²) in [5.74, 6) is 0. The third-order valence-corrected chi connectivity index (χ3v) is 3.61. The van der Waals surface area contributed by atoms with Crippen molar-refractivity contribution in [3.63, 3.8) is 0 Å². The van der Waals surface area contributed by atoms with Gasteiger partial charge in [-0.25, -0.2) is 17.9 Å². The van der Waals surface area contributed by atoms with Crippen LogP contribution in [0.25, 0.3) is 11.1 Å². The summed E-state index contributed by atoms with van der Waals surface area (Å²) >= 11 is 0. The minimum absolute atomic E-state index is 0.236. The van der Waals surface area contributed by atoms with Crippen molar-refractivity contribution in [1.82, 2.24) is 4.72 Å². The third kappa shape index (κ3) is 4.87. The number of benzene rings is 2. The molecule has 0 fully saturated rings. The van der Waals surface area contributed by atoms with Crippen LogP contribution in [0.1, 0.15) is 5.56 Å². The van der Waals surface area contributed by atoms with E-state index in [1.807, 2.05) is 30.3 Å². The lowest BCUT2D eigenvalue weighted by Crippen LogP contribution is -2.21. The first-order valence-electron chi connectivity index (χ1n) is 6.47. The van der Waals surface area contributed by atoms with Crippen LogP contribution in [0.2, 0.25) is 0 Å². The summed E-state index contributed by atoms with van der Waals surface area (Å²) in [5.41, 5.74) is 3.12. The van der Waals surface area contributed by atoms with Crippen molar-refractivity contribution in [2.75, 3.05) is 11.6 Å². The number of hydrogen-bond acceptors (Lipinski definition) is 3. The summed E-state index contributed by atoms with van der Waals surface area (Å²) in [6, 6.07) is 14.4. The molecule has 6 nitrogen and oxygen atoms in total. The van der Waals surface area contributed by atoms with Gasteiger partial charge in [-0.1, -0.05) is 36.4 Å². The first-order valence-corrected chi connectivity index (χ1v) is 8.36. The molecule has 0 saturated heterocycles. The highest BCUT2D eigenvalue weighted by Gasteiger charge is 2.04. The molecule has 0 aliphatic carbocycles. The fraction of sp³-hybridized carbons (Fsp3) is 0.133. The normalized spacial score (nSPS) is 11.1. The molecule has 0 atom stereocenters. The van der Waals surface area contributed by atoms with Crippen molar-refractivity contribution in [3.05, 3.63) is 54.1 Å². The fourth-order valence-electron chi connectivity index (χ4n) is 1.93. The zero-order chi connectivity index (χ0) is 16.2. The molecule has 0 radical (unpaired) electrons. The molecule has 22 heavy (non-hydrogen) atoms. The maximum atomic E-state index is 11.1. The number of carboxylic acid groups (broad SMARTS) is 1. The van der Waals surface area contributed by atoms with E-state index in [2.05, 4.69) is 10.0 Å². The summed E-state index contributed by atoms with van der Waals surface area (Å²) < 4.78 is 24.5. The average molecular weight is 320 g/mol. The van der Waals surface area contributed by atoms with Crippen LogP contribution in [-0.4, -0.2) is 25.9 Å². The van der Waals surface area contributed by atoms with Crippen molar-refractivity contribution < 1.29 is 18.3 Å². The number of carbonyl (C=O) groups is 1. The predicted octanol–water partition coefficient (Wildman–Crippen LogP) is 2.49. The van der Waals surface area contributed by atoms with E-state index in [0.29, 0.717) is 5.69 Å². The molecule has 0 heterocycles. The van der Waals surface area contributed by atoms with E-state index in [1.54, 1.807) is 18.2 Å². The van der Waals surface area contributed by atoms with E-state index in [4.69, 9.17) is 5.11 Å². The van der Waals surface area contributed by atoms with Crippen molar-refractivity contribution in [3.8, 4) is 11.1 Å². The number of amides is 1.